The van der Waals surface area contributed by atoms with E-state index in [2.05, 4.69) is 10.6 Å². The highest BCUT2D eigenvalue weighted by molar-refractivity contribution is 5.96. The lowest BCUT2D eigenvalue weighted by Crippen LogP contribution is -2.47. The summed E-state index contributed by atoms with van der Waals surface area (Å²) in [7, 11) is 0. The van der Waals surface area contributed by atoms with Crippen LogP contribution in [0.1, 0.15) is 26.3 Å². The number of hydrogen-bond donors (Lipinski definition) is 2. The molecule has 0 aliphatic rings. The highest BCUT2D eigenvalue weighted by atomic mass is 16.5. The van der Waals surface area contributed by atoms with Crippen LogP contribution in [0.5, 0.6) is 5.75 Å². The third-order valence-electron chi connectivity index (χ3n) is 3.87. The van der Waals surface area contributed by atoms with Gasteiger partial charge in [0.1, 0.15) is 18.4 Å². The molecule has 0 radical (unpaired) electrons. The molecule has 2 aromatic carbocycles. The van der Waals surface area contributed by atoms with E-state index in [0.717, 1.165) is 11.3 Å². The van der Waals surface area contributed by atoms with E-state index in [9.17, 15) is 9.59 Å². The smallest absolute Gasteiger partial charge is 0.408 e. The first-order chi connectivity index (χ1) is 13.0. The van der Waals surface area contributed by atoms with Gasteiger partial charge in [0.15, 0.2) is 0 Å². The quantitative estimate of drug-likeness (QED) is 0.737. The molecule has 0 fully saturated rings. The summed E-state index contributed by atoms with van der Waals surface area (Å²) in [5.74, 6) is 0.335. The molecule has 2 aromatic rings. The Morgan fingerprint density at radius 1 is 1.00 bits per heavy atom. The Balaban J connectivity index is 1.90. The lowest BCUT2D eigenvalue weighted by molar-refractivity contribution is -0.119. The molecule has 0 aliphatic carbocycles. The predicted molar refractivity (Wildman–Crippen MR) is 105 cm³/mol. The molecule has 0 bridgehead atoms. The minimum absolute atomic E-state index is 0.100. The molecule has 6 nitrogen and oxygen atoms in total. The zero-order chi connectivity index (χ0) is 19.6. The van der Waals surface area contributed by atoms with Gasteiger partial charge in [0.05, 0.1) is 6.61 Å². The molecule has 27 heavy (non-hydrogen) atoms. The molecule has 0 spiro atoms. The van der Waals surface area contributed by atoms with Gasteiger partial charge in [-0.15, -0.1) is 0 Å². The SMILES string of the molecule is CCOc1ccc(NC(=O)[C@@H](NC(=O)OCc2ccccc2)C(C)C)cc1. The van der Waals surface area contributed by atoms with Crippen molar-refractivity contribution in [2.24, 2.45) is 5.92 Å². The van der Waals surface area contributed by atoms with E-state index in [0.29, 0.717) is 12.3 Å². The van der Waals surface area contributed by atoms with Gasteiger partial charge in [-0.2, -0.15) is 0 Å². The highest BCUT2D eigenvalue weighted by Gasteiger charge is 2.25. The summed E-state index contributed by atoms with van der Waals surface area (Å²) >= 11 is 0. The second kappa shape index (κ2) is 10.2. The first-order valence-corrected chi connectivity index (χ1v) is 9.00. The van der Waals surface area contributed by atoms with Gasteiger partial charge >= 0.3 is 6.09 Å². The number of rotatable bonds is 8. The second-order valence-corrected chi connectivity index (χ2v) is 6.37. The Bertz CT molecular complexity index is 730. The van der Waals surface area contributed by atoms with Crippen LogP contribution >= 0.6 is 0 Å². The Morgan fingerprint density at radius 2 is 1.67 bits per heavy atom. The number of carbonyl (C=O) groups excluding carboxylic acids is 2. The van der Waals surface area contributed by atoms with Gasteiger partial charge in [-0.05, 0) is 42.7 Å². The molecular weight excluding hydrogens is 344 g/mol. The van der Waals surface area contributed by atoms with Crippen molar-refractivity contribution in [1.29, 1.82) is 0 Å². The molecule has 6 heteroatoms. The summed E-state index contributed by atoms with van der Waals surface area (Å²) in [5.41, 5.74) is 1.51. The Morgan fingerprint density at radius 3 is 2.26 bits per heavy atom. The molecule has 0 aliphatic heterocycles. The van der Waals surface area contributed by atoms with Crippen LogP contribution in [0.25, 0.3) is 0 Å². The normalized spacial score (nSPS) is 11.6. The van der Waals surface area contributed by atoms with Crippen molar-refractivity contribution in [2.45, 2.75) is 33.4 Å². The average Bonchev–Trinajstić information content (AvgIpc) is 2.66. The summed E-state index contributed by atoms with van der Waals surface area (Å²) in [5, 5.41) is 5.45. The molecule has 2 amide bonds. The number of hydrogen-bond acceptors (Lipinski definition) is 4. The average molecular weight is 370 g/mol. The van der Waals surface area contributed by atoms with Crippen LogP contribution in [0.3, 0.4) is 0 Å². The minimum Gasteiger partial charge on any atom is -0.494 e. The fourth-order valence-corrected chi connectivity index (χ4v) is 2.45. The van der Waals surface area contributed by atoms with Crippen molar-refractivity contribution in [3.05, 3.63) is 60.2 Å². The lowest BCUT2D eigenvalue weighted by atomic mass is 10.0. The fraction of sp³-hybridized carbons (Fsp3) is 0.333. The van der Waals surface area contributed by atoms with Crippen LogP contribution in [0.4, 0.5) is 10.5 Å². The number of carbonyl (C=O) groups is 2. The zero-order valence-corrected chi connectivity index (χ0v) is 15.9. The number of amides is 2. The zero-order valence-electron chi connectivity index (χ0n) is 15.9. The van der Waals surface area contributed by atoms with Gasteiger partial charge in [-0.1, -0.05) is 44.2 Å². The summed E-state index contributed by atoms with van der Waals surface area (Å²) in [6, 6.07) is 15.7. The number of benzene rings is 2. The molecule has 1 atom stereocenters. The maximum absolute atomic E-state index is 12.6. The van der Waals surface area contributed by atoms with Crippen LogP contribution in [-0.2, 0) is 16.1 Å². The van der Waals surface area contributed by atoms with Crippen molar-refractivity contribution in [1.82, 2.24) is 5.32 Å². The lowest BCUT2D eigenvalue weighted by Gasteiger charge is -2.21. The van der Waals surface area contributed by atoms with E-state index >= 15 is 0 Å². The summed E-state index contributed by atoms with van der Waals surface area (Å²) < 4.78 is 10.6. The number of ether oxygens (including phenoxy) is 2. The van der Waals surface area contributed by atoms with Gasteiger partial charge in [0, 0.05) is 5.69 Å². The van der Waals surface area contributed by atoms with Gasteiger partial charge in [-0.25, -0.2) is 4.79 Å². The van der Waals surface area contributed by atoms with Crippen LogP contribution in [0.2, 0.25) is 0 Å². The third kappa shape index (κ3) is 6.66. The maximum Gasteiger partial charge on any atom is 0.408 e. The molecule has 0 aromatic heterocycles. The largest absolute Gasteiger partial charge is 0.494 e. The van der Waals surface area contributed by atoms with Gasteiger partial charge in [0.25, 0.3) is 0 Å². The first kappa shape index (κ1) is 20.3. The van der Waals surface area contributed by atoms with Crippen LogP contribution in [0.15, 0.2) is 54.6 Å². The van der Waals surface area contributed by atoms with Crippen molar-refractivity contribution >= 4 is 17.7 Å². The maximum atomic E-state index is 12.6. The van der Waals surface area contributed by atoms with Gasteiger partial charge in [0.2, 0.25) is 5.91 Å². The minimum atomic E-state index is -0.708. The number of anilines is 1. The third-order valence-corrected chi connectivity index (χ3v) is 3.87. The van der Waals surface area contributed by atoms with Crippen molar-refractivity contribution in [2.75, 3.05) is 11.9 Å². The fourth-order valence-electron chi connectivity index (χ4n) is 2.45. The van der Waals surface area contributed by atoms with Gasteiger partial charge in [-0.3, -0.25) is 4.79 Å². The van der Waals surface area contributed by atoms with E-state index in [1.54, 1.807) is 24.3 Å². The molecule has 144 valence electrons. The Labute approximate surface area is 159 Å². The molecule has 2 rings (SSSR count). The van der Waals surface area contributed by atoms with Crippen LogP contribution in [0, 0.1) is 5.92 Å². The van der Waals surface area contributed by atoms with Crippen molar-refractivity contribution < 1.29 is 19.1 Å². The van der Waals surface area contributed by atoms with Crippen LogP contribution in [-0.4, -0.2) is 24.6 Å². The van der Waals surface area contributed by atoms with E-state index in [1.165, 1.54) is 0 Å². The van der Waals surface area contributed by atoms with E-state index in [-0.39, 0.29) is 18.4 Å². The predicted octanol–water partition coefficient (Wildman–Crippen LogP) is 3.97. The summed E-state index contributed by atoms with van der Waals surface area (Å²) in [6.45, 7) is 6.36. The Hall–Kier alpha value is -3.02. The van der Waals surface area contributed by atoms with Crippen LogP contribution < -0.4 is 15.4 Å². The van der Waals surface area contributed by atoms with Crippen molar-refractivity contribution in [3.63, 3.8) is 0 Å². The Kier molecular flexibility index (Phi) is 7.67. The van der Waals surface area contributed by atoms with Crippen molar-refractivity contribution in [3.8, 4) is 5.75 Å². The monoisotopic (exact) mass is 370 g/mol. The molecular formula is C21H26N2O4. The van der Waals surface area contributed by atoms with E-state index in [4.69, 9.17) is 9.47 Å². The van der Waals surface area contributed by atoms with E-state index < -0.39 is 12.1 Å². The molecule has 0 saturated heterocycles. The molecule has 2 N–H and O–H groups in total. The molecule has 0 unspecified atom stereocenters. The highest BCUT2D eigenvalue weighted by Crippen LogP contribution is 2.16. The van der Waals surface area contributed by atoms with E-state index in [1.807, 2.05) is 51.1 Å². The summed E-state index contributed by atoms with van der Waals surface area (Å²) in [4.78, 5) is 24.6. The number of alkyl carbamates (subject to hydrolysis) is 1. The first-order valence-electron chi connectivity index (χ1n) is 9.00. The molecule has 0 heterocycles. The standard InChI is InChI=1S/C21H26N2O4/c1-4-26-18-12-10-17(11-13-18)22-20(24)19(15(2)3)23-21(25)27-14-16-8-6-5-7-9-16/h5-13,15,19H,4,14H2,1-3H3,(H,22,24)(H,23,25)/t19-/m0/s1. The summed E-state index contributed by atoms with van der Waals surface area (Å²) in [6.07, 6.45) is -0.626. The second-order valence-electron chi connectivity index (χ2n) is 6.37. The topological polar surface area (TPSA) is 76.7 Å². The number of nitrogens with one attached hydrogen (secondary N) is 2. The van der Waals surface area contributed by atoms with Gasteiger partial charge < -0.3 is 20.1 Å². The molecule has 0 saturated carbocycles.